The van der Waals surface area contributed by atoms with Gasteiger partial charge in [0, 0.05) is 11.2 Å². The molecule has 0 unspecified atom stereocenters. The minimum atomic E-state index is 1.23. The zero-order valence-corrected chi connectivity index (χ0v) is 8.81. The van der Waals surface area contributed by atoms with Gasteiger partial charge in [-0.15, -0.1) is 0 Å². The highest BCUT2D eigenvalue weighted by molar-refractivity contribution is 5.80. The fourth-order valence-electron chi connectivity index (χ4n) is 1.40. The van der Waals surface area contributed by atoms with Crippen molar-refractivity contribution in [2.45, 2.75) is 27.7 Å². The Morgan fingerprint density at radius 2 is 1.69 bits per heavy atom. The smallest absolute Gasteiger partial charge is 0.0456 e. The molecule has 0 aliphatic heterocycles. The fraction of sp³-hybridized carbons (Fsp3) is 0.333. The van der Waals surface area contributed by atoms with Crippen LogP contribution in [0.4, 0.5) is 0 Å². The van der Waals surface area contributed by atoms with Crippen LogP contribution in [0.5, 0.6) is 0 Å². The van der Waals surface area contributed by atoms with Gasteiger partial charge in [-0.3, -0.25) is 0 Å². The number of aromatic nitrogens is 1. The molecule has 1 N–H and O–H groups in total. The Hall–Kier alpha value is -1.24. The SMILES string of the molecule is CC.Cc1ccc2[nH]c(C)cc2c1. The lowest BCUT2D eigenvalue weighted by molar-refractivity contribution is 1.30. The number of nitrogens with one attached hydrogen (secondary N) is 1. The summed E-state index contributed by atoms with van der Waals surface area (Å²) in [6, 6.07) is 8.61. The molecule has 0 saturated heterocycles. The lowest BCUT2D eigenvalue weighted by Crippen LogP contribution is -1.70. The molecule has 0 aliphatic carbocycles. The lowest BCUT2D eigenvalue weighted by Gasteiger charge is -1.90. The van der Waals surface area contributed by atoms with Crippen molar-refractivity contribution in [1.29, 1.82) is 0 Å². The number of aromatic amines is 1. The molecule has 1 aromatic carbocycles. The molecule has 0 aliphatic rings. The molecule has 1 nitrogen and oxygen atoms in total. The van der Waals surface area contributed by atoms with Crippen LogP contribution in [-0.4, -0.2) is 4.98 Å². The first-order valence-corrected chi connectivity index (χ1v) is 4.82. The van der Waals surface area contributed by atoms with Crippen LogP contribution in [0.2, 0.25) is 0 Å². The predicted molar refractivity (Wildman–Crippen MR) is 59.1 cm³/mol. The van der Waals surface area contributed by atoms with Gasteiger partial charge >= 0.3 is 0 Å². The van der Waals surface area contributed by atoms with Gasteiger partial charge in [-0.1, -0.05) is 25.5 Å². The number of benzene rings is 1. The molecule has 0 radical (unpaired) electrons. The van der Waals surface area contributed by atoms with Crippen molar-refractivity contribution < 1.29 is 0 Å². The van der Waals surface area contributed by atoms with Gasteiger partial charge in [0.15, 0.2) is 0 Å². The Morgan fingerprint density at radius 3 is 2.38 bits per heavy atom. The first kappa shape index (κ1) is 9.85. The van der Waals surface area contributed by atoms with E-state index in [-0.39, 0.29) is 0 Å². The molecule has 1 heteroatoms. The van der Waals surface area contributed by atoms with Crippen LogP contribution in [-0.2, 0) is 0 Å². The first-order chi connectivity index (χ1) is 6.25. The summed E-state index contributed by atoms with van der Waals surface area (Å²) in [4.78, 5) is 3.29. The van der Waals surface area contributed by atoms with Gasteiger partial charge < -0.3 is 4.98 Å². The van der Waals surface area contributed by atoms with Crippen LogP contribution in [0, 0.1) is 13.8 Å². The van der Waals surface area contributed by atoms with E-state index >= 15 is 0 Å². The van der Waals surface area contributed by atoms with Crippen LogP contribution in [0.3, 0.4) is 0 Å². The van der Waals surface area contributed by atoms with Crippen molar-refractivity contribution >= 4 is 10.9 Å². The number of fused-ring (bicyclic) bond motifs is 1. The number of rotatable bonds is 0. The van der Waals surface area contributed by atoms with Gasteiger partial charge in [-0.25, -0.2) is 0 Å². The maximum absolute atomic E-state index is 3.29. The van der Waals surface area contributed by atoms with E-state index in [4.69, 9.17) is 0 Å². The van der Waals surface area contributed by atoms with Crippen LogP contribution < -0.4 is 0 Å². The molecule has 2 aromatic rings. The second-order valence-corrected chi connectivity index (χ2v) is 3.04. The second-order valence-electron chi connectivity index (χ2n) is 3.04. The standard InChI is InChI=1S/C10H11N.C2H6/c1-7-3-4-10-9(5-7)6-8(2)11-10;1-2/h3-6,11H,1-2H3;1-2H3. The summed E-state index contributed by atoms with van der Waals surface area (Å²) in [5.41, 5.74) is 3.77. The van der Waals surface area contributed by atoms with E-state index < -0.39 is 0 Å². The van der Waals surface area contributed by atoms with E-state index in [1.807, 2.05) is 13.8 Å². The van der Waals surface area contributed by atoms with E-state index in [0.29, 0.717) is 0 Å². The minimum Gasteiger partial charge on any atom is -0.359 e. The molecule has 0 bridgehead atoms. The zero-order chi connectivity index (χ0) is 9.84. The summed E-state index contributed by atoms with van der Waals surface area (Å²) in [6.07, 6.45) is 0. The third kappa shape index (κ3) is 2.11. The van der Waals surface area contributed by atoms with Crippen molar-refractivity contribution in [2.24, 2.45) is 0 Å². The Morgan fingerprint density at radius 1 is 1.00 bits per heavy atom. The topological polar surface area (TPSA) is 15.8 Å². The van der Waals surface area contributed by atoms with E-state index in [2.05, 4.69) is 43.1 Å². The average Bonchev–Trinajstić information content (AvgIpc) is 2.48. The summed E-state index contributed by atoms with van der Waals surface area (Å²) in [6.45, 7) is 8.19. The van der Waals surface area contributed by atoms with Crippen LogP contribution >= 0.6 is 0 Å². The van der Waals surface area contributed by atoms with Gasteiger partial charge in [-0.05, 0) is 37.4 Å². The van der Waals surface area contributed by atoms with Crippen molar-refractivity contribution in [3.8, 4) is 0 Å². The van der Waals surface area contributed by atoms with Gasteiger partial charge in [-0.2, -0.15) is 0 Å². The maximum atomic E-state index is 3.29. The molecule has 70 valence electrons. The molecule has 1 heterocycles. The molecule has 0 fully saturated rings. The first-order valence-electron chi connectivity index (χ1n) is 4.82. The Labute approximate surface area is 79.8 Å². The van der Waals surface area contributed by atoms with Crippen LogP contribution in [0.1, 0.15) is 25.1 Å². The van der Waals surface area contributed by atoms with Gasteiger partial charge in [0.25, 0.3) is 0 Å². The van der Waals surface area contributed by atoms with Gasteiger partial charge in [0.2, 0.25) is 0 Å². The summed E-state index contributed by atoms with van der Waals surface area (Å²) in [5.74, 6) is 0. The highest BCUT2D eigenvalue weighted by Crippen LogP contribution is 2.15. The highest BCUT2D eigenvalue weighted by atomic mass is 14.7. The van der Waals surface area contributed by atoms with Gasteiger partial charge in [0.1, 0.15) is 0 Å². The summed E-state index contributed by atoms with van der Waals surface area (Å²) in [5, 5.41) is 1.31. The summed E-state index contributed by atoms with van der Waals surface area (Å²) >= 11 is 0. The third-order valence-electron chi connectivity index (χ3n) is 1.91. The summed E-state index contributed by atoms with van der Waals surface area (Å²) in [7, 11) is 0. The van der Waals surface area contributed by atoms with Crippen molar-refractivity contribution in [3.63, 3.8) is 0 Å². The normalized spacial score (nSPS) is 9.54. The largest absolute Gasteiger partial charge is 0.359 e. The molecule has 0 saturated carbocycles. The number of hydrogen-bond donors (Lipinski definition) is 1. The van der Waals surface area contributed by atoms with E-state index in [9.17, 15) is 0 Å². The van der Waals surface area contributed by atoms with Crippen LogP contribution in [0.15, 0.2) is 24.3 Å². The molecule has 1 aromatic heterocycles. The molecule has 2 rings (SSSR count). The number of H-pyrrole nitrogens is 1. The monoisotopic (exact) mass is 175 g/mol. The Bertz CT molecular complexity index is 385. The molecule has 0 spiro atoms. The molecule has 13 heavy (non-hydrogen) atoms. The lowest BCUT2D eigenvalue weighted by atomic mass is 10.2. The highest BCUT2D eigenvalue weighted by Gasteiger charge is 1.95. The number of hydrogen-bond acceptors (Lipinski definition) is 0. The van der Waals surface area contributed by atoms with Gasteiger partial charge in [0.05, 0.1) is 0 Å². The van der Waals surface area contributed by atoms with Crippen LogP contribution in [0.25, 0.3) is 10.9 Å². The third-order valence-corrected chi connectivity index (χ3v) is 1.91. The quantitative estimate of drug-likeness (QED) is 0.626. The predicted octanol–water partition coefficient (Wildman–Crippen LogP) is 3.81. The molecular formula is C12H17N. The minimum absolute atomic E-state index is 1.23. The Balaban J connectivity index is 0.000000396. The van der Waals surface area contributed by atoms with Crippen molar-refractivity contribution in [2.75, 3.05) is 0 Å². The maximum Gasteiger partial charge on any atom is 0.0456 e. The van der Waals surface area contributed by atoms with E-state index in [0.717, 1.165) is 0 Å². The molecule has 0 atom stereocenters. The fourth-order valence-corrected chi connectivity index (χ4v) is 1.40. The number of aryl methyl sites for hydroxylation is 2. The summed E-state index contributed by atoms with van der Waals surface area (Å²) < 4.78 is 0. The molecular weight excluding hydrogens is 158 g/mol. The Kier molecular flexibility index (Phi) is 3.13. The second kappa shape index (κ2) is 4.13. The van der Waals surface area contributed by atoms with E-state index in [1.165, 1.54) is 22.2 Å². The van der Waals surface area contributed by atoms with E-state index in [1.54, 1.807) is 0 Å². The average molecular weight is 175 g/mol. The van der Waals surface area contributed by atoms with Crippen molar-refractivity contribution in [3.05, 3.63) is 35.5 Å². The van der Waals surface area contributed by atoms with Crippen molar-refractivity contribution in [1.82, 2.24) is 4.98 Å². The molecule has 0 amide bonds. The zero-order valence-electron chi connectivity index (χ0n) is 8.81.